The molecule has 0 saturated carbocycles. The van der Waals surface area contributed by atoms with E-state index in [4.69, 9.17) is 0 Å². The molecular weight excluding hydrogens is 324 g/mol. The van der Waals surface area contributed by atoms with Crippen LogP contribution in [-0.4, -0.2) is 49.7 Å². The van der Waals surface area contributed by atoms with Crippen molar-refractivity contribution in [1.82, 2.24) is 9.21 Å². The molecule has 0 N–H and O–H groups in total. The van der Waals surface area contributed by atoms with E-state index in [1.165, 1.54) is 4.31 Å². The average Bonchev–Trinajstić information content (AvgIpc) is 3.10. The van der Waals surface area contributed by atoms with Crippen molar-refractivity contribution >= 4 is 15.9 Å². The Morgan fingerprint density at radius 3 is 2.50 bits per heavy atom. The van der Waals surface area contributed by atoms with E-state index >= 15 is 0 Å². The monoisotopic (exact) mass is 350 g/mol. The molecule has 0 unspecified atom stereocenters. The Morgan fingerprint density at radius 1 is 1.12 bits per heavy atom. The predicted octanol–water partition coefficient (Wildman–Crippen LogP) is 2.65. The van der Waals surface area contributed by atoms with Crippen molar-refractivity contribution < 1.29 is 13.2 Å². The van der Waals surface area contributed by atoms with E-state index in [1.807, 2.05) is 4.90 Å². The zero-order valence-electron chi connectivity index (χ0n) is 14.5. The van der Waals surface area contributed by atoms with E-state index in [-0.39, 0.29) is 10.8 Å². The lowest BCUT2D eigenvalue weighted by Gasteiger charge is -2.31. The van der Waals surface area contributed by atoms with Gasteiger partial charge in [0.15, 0.2) is 0 Å². The molecule has 132 valence electrons. The summed E-state index contributed by atoms with van der Waals surface area (Å²) in [6.45, 7) is 6.59. The van der Waals surface area contributed by atoms with Crippen LogP contribution >= 0.6 is 0 Å². The fraction of sp³-hybridized carbons (Fsp3) is 0.611. The number of carbonyl (C=O) groups is 1. The molecule has 0 aromatic heterocycles. The van der Waals surface area contributed by atoms with Gasteiger partial charge in [-0.2, -0.15) is 4.31 Å². The zero-order chi connectivity index (χ0) is 17.3. The van der Waals surface area contributed by atoms with Crippen LogP contribution in [0.25, 0.3) is 0 Å². The maximum Gasteiger partial charge on any atom is 0.253 e. The Hall–Kier alpha value is -1.40. The smallest absolute Gasteiger partial charge is 0.253 e. The molecule has 3 rings (SSSR count). The van der Waals surface area contributed by atoms with Gasteiger partial charge < -0.3 is 4.90 Å². The lowest BCUT2D eigenvalue weighted by Crippen LogP contribution is -2.39. The first-order valence-electron chi connectivity index (χ1n) is 8.79. The maximum absolute atomic E-state index is 12.9. The van der Waals surface area contributed by atoms with Gasteiger partial charge in [-0.25, -0.2) is 8.42 Å². The van der Waals surface area contributed by atoms with Gasteiger partial charge in [0.1, 0.15) is 0 Å². The summed E-state index contributed by atoms with van der Waals surface area (Å²) in [5.41, 5.74) is 1.18. The van der Waals surface area contributed by atoms with Gasteiger partial charge in [0.2, 0.25) is 10.0 Å². The highest BCUT2D eigenvalue weighted by atomic mass is 32.2. The molecule has 1 aromatic rings. The number of amides is 1. The van der Waals surface area contributed by atoms with Crippen LogP contribution in [0.4, 0.5) is 0 Å². The molecule has 1 amide bonds. The number of sulfonamides is 1. The normalized spacial score (nSPS) is 22.8. The Bertz CT molecular complexity index is 724. The summed E-state index contributed by atoms with van der Waals surface area (Å²) in [7, 11) is -3.50. The first kappa shape index (κ1) is 17.4. The highest BCUT2D eigenvalue weighted by Crippen LogP contribution is 2.26. The van der Waals surface area contributed by atoms with E-state index in [1.54, 1.807) is 25.1 Å². The fourth-order valence-corrected chi connectivity index (χ4v) is 5.40. The number of hydrogen-bond donors (Lipinski definition) is 0. The minimum atomic E-state index is -3.50. The van der Waals surface area contributed by atoms with Crippen LogP contribution in [0.5, 0.6) is 0 Å². The SMILES string of the molecule is Cc1ccc(C(=O)N2CCC[C@@H](C)C2)cc1S(=O)(=O)N1CCCC1. The number of piperidine rings is 1. The zero-order valence-corrected chi connectivity index (χ0v) is 15.3. The predicted molar refractivity (Wildman–Crippen MR) is 93.5 cm³/mol. The summed E-state index contributed by atoms with van der Waals surface area (Å²) in [5.74, 6) is 0.445. The number of carbonyl (C=O) groups excluding carboxylic acids is 1. The largest absolute Gasteiger partial charge is 0.338 e. The van der Waals surface area contributed by atoms with Crippen molar-refractivity contribution in [3.8, 4) is 0 Å². The van der Waals surface area contributed by atoms with E-state index in [2.05, 4.69) is 6.92 Å². The van der Waals surface area contributed by atoms with Gasteiger partial charge in [0, 0.05) is 31.7 Å². The fourth-order valence-electron chi connectivity index (χ4n) is 3.64. The molecule has 0 aliphatic carbocycles. The van der Waals surface area contributed by atoms with Gasteiger partial charge in [-0.1, -0.05) is 13.0 Å². The minimum Gasteiger partial charge on any atom is -0.338 e. The molecular formula is C18H26N2O3S. The quantitative estimate of drug-likeness (QED) is 0.842. The third-order valence-electron chi connectivity index (χ3n) is 5.06. The number of nitrogens with zero attached hydrogens (tertiary/aromatic N) is 2. The van der Waals surface area contributed by atoms with Crippen LogP contribution in [0.1, 0.15) is 48.5 Å². The highest BCUT2D eigenvalue weighted by molar-refractivity contribution is 7.89. The van der Waals surface area contributed by atoms with Crippen LogP contribution in [-0.2, 0) is 10.0 Å². The average molecular weight is 350 g/mol. The van der Waals surface area contributed by atoms with Crippen molar-refractivity contribution in [3.63, 3.8) is 0 Å². The van der Waals surface area contributed by atoms with Crippen LogP contribution in [0.2, 0.25) is 0 Å². The Balaban J connectivity index is 1.90. The van der Waals surface area contributed by atoms with E-state index < -0.39 is 10.0 Å². The first-order chi connectivity index (χ1) is 11.4. The molecule has 2 aliphatic rings. The molecule has 0 spiro atoms. The Morgan fingerprint density at radius 2 is 1.83 bits per heavy atom. The van der Waals surface area contributed by atoms with Crippen LogP contribution in [0.15, 0.2) is 23.1 Å². The van der Waals surface area contributed by atoms with Crippen molar-refractivity contribution in [2.24, 2.45) is 5.92 Å². The first-order valence-corrected chi connectivity index (χ1v) is 10.2. The summed E-state index contributed by atoms with van der Waals surface area (Å²) in [6, 6.07) is 5.08. The van der Waals surface area contributed by atoms with Gasteiger partial charge in [-0.3, -0.25) is 4.79 Å². The van der Waals surface area contributed by atoms with Gasteiger partial charge >= 0.3 is 0 Å². The standard InChI is InChI=1S/C18H26N2O3S/c1-14-6-5-9-19(13-14)18(21)16-8-7-15(2)17(12-16)24(22,23)20-10-3-4-11-20/h7-8,12,14H,3-6,9-11,13H2,1-2H3/t14-/m1/s1. The molecule has 2 fully saturated rings. The molecule has 1 aromatic carbocycles. The minimum absolute atomic E-state index is 0.0561. The van der Waals surface area contributed by atoms with E-state index in [0.29, 0.717) is 30.1 Å². The van der Waals surface area contributed by atoms with Crippen molar-refractivity contribution in [3.05, 3.63) is 29.3 Å². The molecule has 5 nitrogen and oxygen atoms in total. The second-order valence-electron chi connectivity index (χ2n) is 7.09. The number of benzene rings is 1. The Labute approximate surface area is 144 Å². The third kappa shape index (κ3) is 3.35. The maximum atomic E-state index is 12.9. The van der Waals surface area contributed by atoms with E-state index in [9.17, 15) is 13.2 Å². The van der Waals surface area contributed by atoms with Crippen LogP contribution in [0, 0.1) is 12.8 Å². The van der Waals surface area contributed by atoms with Gasteiger partial charge in [0.05, 0.1) is 4.90 Å². The molecule has 0 radical (unpaired) electrons. The summed E-state index contributed by atoms with van der Waals surface area (Å²) < 4.78 is 27.3. The lowest BCUT2D eigenvalue weighted by atomic mass is 9.99. The highest BCUT2D eigenvalue weighted by Gasteiger charge is 2.30. The Kier molecular flexibility index (Phi) is 4.97. The number of likely N-dealkylation sites (tertiary alicyclic amines) is 1. The summed E-state index contributed by atoms with van der Waals surface area (Å²) >= 11 is 0. The molecule has 6 heteroatoms. The summed E-state index contributed by atoms with van der Waals surface area (Å²) in [4.78, 5) is 14.9. The topological polar surface area (TPSA) is 57.7 Å². The van der Waals surface area contributed by atoms with E-state index in [0.717, 1.165) is 38.8 Å². The number of aryl methyl sites for hydroxylation is 1. The lowest BCUT2D eigenvalue weighted by molar-refractivity contribution is 0.0683. The van der Waals surface area contributed by atoms with Crippen LogP contribution < -0.4 is 0 Å². The molecule has 0 bridgehead atoms. The molecule has 24 heavy (non-hydrogen) atoms. The molecule has 2 aliphatic heterocycles. The molecule has 2 saturated heterocycles. The number of hydrogen-bond acceptors (Lipinski definition) is 3. The summed E-state index contributed by atoms with van der Waals surface area (Å²) in [6.07, 6.45) is 3.97. The van der Waals surface area contributed by atoms with Crippen molar-refractivity contribution in [2.75, 3.05) is 26.2 Å². The summed E-state index contributed by atoms with van der Waals surface area (Å²) in [5, 5.41) is 0. The van der Waals surface area contributed by atoms with Crippen molar-refractivity contribution in [1.29, 1.82) is 0 Å². The molecule has 2 heterocycles. The number of rotatable bonds is 3. The second kappa shape index (κ2) is 6.84. The van der Waals surface area contributed by atoms with Gasteiger partial charge in [-0.05, 0) is 56.2 Å². The van der Waals surface area contributed by atoms with Gasteiger partial charge in [-0.15, -0.1) is 0 Å². The van der Waals surface area contributed by atoms with Crippen LogP contribution in [0.3, 0.4) is 0 Å². The second-order valence-corrected chi connectivity index (χ2v) is 9.00. The molecule has 1 atom stereocenters. The third-order valence-corrected chi connectivity index (χ3v) is 7.10. The van der Waals surface area contributed by atoms with Crippen molar-refractivity contribution in [2.45, 2.75) is 44.4 Å². The van der Waals surface area contributed by atoms with Gasteiger partial charge in [0.25, 0.3) is 5.91 Å².